The Hall–Kier alpha value is -3.82. The van der Waals surface area contributed by atoms with Crippen molar-refractivity contribution in [3.05, 3.63) is 47.2 Å². The van der Waals surface area contributed by atoms with Crippen molar-refractivity contribution >= 4 is 23.4 Å². The molecule has 1 aromatic heterocycles. The molecule has 4 fully saturated rings. The molecule has 16 heteroatoms. The van der Waals surface area contributed by atoms with Crippen LogP contribution in [-0.4, -0.2) is 86.2 Å². The number of rotatable bonds is 7. The van der Waals surface area contributed by atoms with Crippen LogP contribution < -0.4 is 25.2 Å². The highest BCUT2D eigenvalue weighted by molar-refractivity contribution is 6.03. The average molecular weight is 687 g/mol. The largest absolute Gasteiger partial charge is 0.497 e. The second-order valence-corrected chi connectivity index (χ2v) is 12.9. The molecule has 4 aliphatic rings. The van der Waals surface area contributed by atoms with Gasteiger partial charge >= 0.3 is 12.2 Å². The first-order valence-corrected chi connectivity index (χ1v) is 16.1. The average Bonchev–Trinajstić information content (AvgIpc) is 3.64. The van der Waals surface area contributed by atoms with E-state index < -0.39 is 83.6 Å². The molecule has 2 unspecified atom stereocenters. The Labute approximate surface area is 272 Å². The van der Waals surface area contributed by atoms with Crippen molar-refractivity contribution in [1.82, 2.24) is 20.5 Å². The molecule has 0 bridgehead atoms. The smallest absolute Gasteiger partial charge is 0.421 e. The van der Waals surface area contributed by atoms with Gasteiger partial charge in [-0.15, -0.1) is 0 Å². The summed E-state index contributed by atoms with van der Waals surface area (Å²) in [6.45, 7) is 1.51. The fourth-order valence-corrected chi connectivity index (χ4v) is 7.65. The molecule has 3 atom stereocenters. The van der Waals surface area contributed by atoms with E-state index in [2.05, 4.69) is 20.5 Å². The monoisotopic (exact) mass is 686 g/mol. The van der Waals surface area contributed by atoms with Crippen molar-refractivity contribution in [3.63, 3.8) is 0 Å². The topological polar surface area (TPSA) is 90.0 Å². The van der Waals surface area contributed by atoms with Gasteiger partial charge in [0.15, 0.2) is 0 Å². The first-order chi connectivity index (χ1) is 22.8. The molecule has 2 N–H and O–H groups in total. The SMILES string of the molecule is COc1cc(F)c([C@@H]2CN(c3nccc(N4CCN5CCCC5C4)c3C(F)(F)F)C(=O)C2NC(=O)NC2CCC(C(F)F)CC2)c(F)c1. The molecule has 2 aromatic rings. The number of pyridine rings is 1. The summed E-state index contributed by atoms with van der Waals surface area (Å²) in [5.74, 6) is -6.41. The summed E-state index contributed by atoms with van der Waals surface area (Å²) >= 11 is 0. The zero-order valence-electron chi connectivity index (χ0n) is 26.2. The van der Waals surface area contributed by atoms with Gasteiger partial charge < -0.3 is 20.3 Å². The highest BCUT2D eigenvalue weighted by Gasteiger charge is 2.50. The lowest BCUT2D eigenvalue weighted by atomic mass is 9.86. The van der Waals surface area contributed by atoms with Gasteiger partial charge in [-0.1, -0.05) is 0 Å². The van der Waals surface area contributed by atoms with E-state index >= 15 is 8.78 Å². The predicted molar refractivity (Wildman–Crippen MR) is 161 cm³/mol. The Balaban J connectivity index is 1.33. The minimum Gasteiger partial charge on any atom is -0.497 e. The van der Waals surface area contributed by atoms with Crippen LogP contribution in [-0.2, 0) is 11.0 Å². The second kappa shape index (κ2) is 13.6. The molecule has 0 radical (unpaired) electrons. The number of amides is 3. The summed E-state index contributed by atoms with van der Waals surface area (Å²) in [7, 11) is 1.20. The molecule has 3 amide bonds. The Bertz CT molecular complexity index is 1500. The van der Waals surface area contributed by atoms with E-state index in [1.807, 2.05) is 0 Å². The number of piperazine rings is 1. The fourth-order valence-electron chi connectivity index (χ4n) is 7.65. The number of hydrogen-bond donors (Lipinski definition) is 2. The predicted octanol–water partition coefficient (Wildman–Crippen LogP) is 5.29. The van der Waals surface area contributed by atoms with Gasteiger partial charge in [-0.2, -0.15) is 13.2 Å². The van der Waals surface area contributed by atoms with E-state index in [1.165, 1.54) is 19.4 Å². The minimum absolute atomic E-state index is 0.0905. The maximum atomic E-state index is 15.4. The lowest BCUT2D eigenvalue weighted by Gasteiger charge is -2.40. The summed E-state index contributed by atoms with van der Waals surface area (Å²) in [5, 5.41) is 5.05. The number of fused-ring (bicyclic) bond motifs is 1. The summed E-state index contributed by atoms with van der Waals surface area (Å²) < 4.78 is 107. The number of methoxy groups -OCH3 is 1. The highest BCUT2D eigenvalue weighted by atomic mass is 19.4. The van der Waals surface area contributed by atoms with E-state index in [9.17, 15) is 31.5 Å². The number of carbonyl (C=O) groups is 2. The van der Waals surface area contributed by atoms with Gasteiger partial charge in [0.25, 0.3) is 5.91 Å². The zero-order valence-corrected chi connectivity index (χ0v) is 26.2. The van der Waals surface area contributed by atoms with Gasteiger partial charge in [0.05, 0.1) is 12.8 Å². The molecule has 9 nitrogen and oxygen atoms in total. The highest BCUT2D eigenvalue weighted by Crippen LogP contribution is 2.45. The molecule has 6 rings (SSSR count). The lowest BCUT2D eigenvalue weighted by Crippen LogP contribution is -2.51. The quantitative estimate of drug-likeness (QED) is 0.385. The number of alkyl halides is 5. The van der Waals surface area contributed by atoms with Gasteiger partial charge in [0.2, 0.25) is 6.43 Å². The van der Waals surface area contributed by atoms with Crippen LogP contribution >= 0.6 is 0 Å². The Kier molecular flexibility index (Phi) is 9.64. The molecule has 0 spiro atoms. The first kappa shape index (κ1) is 34.1. The zero-order chi connectivity index (χ0) is 34.3. The molecular weight excluding hydrogens is 649 g/mol. The summed E-state index contributed by atoms with van der Waals surface area (Å²) in [5.41, 5.74) is -1.92. The summed E-state index contributed by atoms with van der Waals surface area (Å²) in [6, 6.07) is 0.00278. The number of urea groups is 1. The number of nitrogens with one attached hydrogen (secondary N) is 2. The molecule has 262 valence electrons. The molecule has 48 heavy (non-hydrogen) atoms. The van der Waals surface area contributed by atoms with E-state index in [0.29, 0.717) is 19.6 Å². The Morgan fingerprint density at radius 2 is 1.71 bits per heavy atom. The number of carbonyl (C=O) groups excluding carboxylic acids is 2. The molecule has 4 heterocycles. The van der Waals surface area contributed by atoms with Crippen LogP contribution in [0.1, 0.15) is 55.6 Å². The molecule has 3 saturated heterocycles. The van der Waals surface area contributed by atoms with Crippen LogP contribution in [0, 0.1) is 17.6 Å². The van der Waals surface area contributed by atoms with Crippen LogP contribution in [0.3, 0.4) is 0 Å². The number of ether oxygens (including phenoxy) is 1. The number of aromatic nitrogens is 1. The molecule has 1 aromatic carbocycles. The third-order valence-corrected chi connectivity index (χ3v) is 10.1. The van der Waals surface area contributed by atoms with E-state index in [-0.39, 0.29) is 43.2 Å². The maximum absolute atomic E-state index is 15.4. The molecule has 1 aliphatic carbocycles. The number of benzene rings is 1. The molecule has 3 aliphatic heterocycles. The Morgan fingerprint density at radius 3 is 2.35 bits per heavy atom. The van der Waals surface area contributed by atoms with Crippen LogP contribution in [0.5, 0.6) is 5.75 Å². The number of anilines is 2. The van der Waals surface area contributed by atoms with E-state index in [0.717, 1.165) is 36.4 Å². The van der Waals surface area contributed by atoms with Gasteiger partial charge in [0, 0.05) is 74.0 Å². The van der Waals surface area contributed by atoms with Crippen molar-refractivity contribution in [2.45, 2.75) is 75.2 Å². The normalized spacial score (nSPS) is 26.6. The maximum Gasteiger partial charge on any atom is 0.421 e. The Morgan fingerprint density at radius 1 is 1.00 bits per heavy atom. The third-order valence-electron chi connectivity index (χ3n) is 10.1. The lowest BCUT2D eigenvalue weighted by molar-refractivity contribution is -0.137. The van der Waals surface area contributed by atoms with E-state index in [1.54, 1.807) is 4.90 Å². The van der Waals surface area contributed by atoms with E-state index in [4.69, 9.17) is 4.74 Å². The van der Waals surface area contributed by atoms with Crippen LogP contribution in [0.2, 0.25) is 0 Å². The van der Waals surface area contributed by atoms with Crippen molar-refractivity contribution in [1.29, 1.82) is 0 Å². The second-order valence-electron chi connectivity index (χ2n) is 12.9. The summed E-state index contributed by atoms with van der Waals surface area (Å²) in [4.78, 5) is 35.7. The van der Waals surface area contributed by atoms with Crippen molar-refractivity contribution in [3.8, 4) is 5.75 Å². The van der Waals surface area contributed by atoms with Crippen molar-refractivity contribution in [2.75, 3.05) is 49.6 Å². The van der Waals surface area contributed by atoms with Crippen molar-refractivity contribution in [2.24, 2.45) is 5.92 Å². The van der Waals surface area contributed by atoms with Crippen LogP contribution in [0.4, 0.5) is 47.0 Å². The fraction of sp³-hybridized carbons (Fsp3) is 0.594. The molecule has 1 saturated carbocycles. The minimum atomic E-state index is -4.96. The summed E-state index contributed by atoms with van der Waals surface area (Å²) in [6.07, 6.45) is -3.64. The molecular formula is C32H37F7N6O3. The number of halogens is 7. The standard InChI is InChI=1S/C32H37F7N6O3/c1-48-20-13-22(33)25(23(34)14-20)21-16-45(30(46)27(21)42-31(47)41-18-6-4-17(5-7-18)28(35)36)29-26(32(37,38)39)24(8-9-40-29)44-12-11-43-10-2-3-19(43)15-44/h8-9,13-14,17-19,21,27-28H,2-7,10-12,15-16H2,1H3,(H2,41,42,47)/t17?,18?,19?,21-,27?/m0/s1. The van der Waals surface area contributed by atoms with Gasteiger partial charge in [-0.3, -0.25) is 14.6 Å². The van der Waals surface area contributed by atoms with Crippen LogP contribution in [0.25, 0.3) is 0 Å². The first-order valence-electron chi connectivity index (χ1n) is 16.1. The van der Waals surface area contributed by atoms with Gasteiger partial charge in [-0.05, 0) is 51.1 Å². The third kappa shape index (κ3) is 6.72. The number of nitrogens with zero attached hydrogens (tertiary/aromatic N) is 4. The number of hydrogen-bond acceptors (Lipinski definition) is 6. The van der Waals surface area contributed by atoms with Crippen LogP contribution in [0.15, 0.2) is 24.4 Å². The van der Waals surface area contributed by atoms with Gasteiger partial charge in [0.1, 0.15) is 34.8 Å². The van der Waals surface area contributed by atoms with Crippen molar-refractivity contribution < 1.29 is 45.1 Å². The van der Waals surface area contributed by atoms with Gasteiger partial charge in [-0.25, -0.2) is 27.3 Å².